The van der Waals surface area contributed by atoms with Crippen LogP contribution in [0.25, 0.3) is 17.0 Å². The predicted octanol–water partition coefficient (Wildman–Crippen LogP) is 5.12. The smallest absolute Gasteiger partial charge is 0.270 e. The number of furan rings is 1. The van der Waals surface area contributed by atoms with Gasteiger partial charge in [-0.3, -0.25) is 24.8 Å². The van der Waals surface area contributed by atoms with Gasteiger partial charge in [-0.15, -0.1) is 0 Å². The highest BCUT2D eigenvalue weighted by molar-refractivity contribution is 7.99. The molecule has 1 saturated heterocycles. The van der Waals surface area contributed by atoms with Gasteiger partial charge in [0, 0.05) is 16.5 Å². The highest BCUT2D eigenvalue weighted by atomic mass is 32.2. The summed E-state index contributed by atoms with van der Waals surface area (Å²) in [6.45, 7) is 1.92. The van der Waals surface area contributed by atoms with Crippen LogP contribution in [-0.2, 0) is 9.59 Å². The quantitative estimate of drug-likeness (QED) is 0.253. The molecule has 4 aromatic rings. The number of benzene rings is 2. The zero-order valence-electron chi connectivity index (χ0n) is 17.4. The maximum absolute atomic E-state index is 13.2. The molecule has 33 heavy (non-hydrogen) atoms. The highest BCUT2D eigenvalue weighted by Crippen LogP contribution is 2.34. The fourth-order valence-corrected chi connectivity index (χ4v) is 4.72. The molecule has 1 N–H and O–H groups in total. The molecule has 2 aromatic carbocycles. The number of amides is 2. The lowest BCUT2D eigenvalue weighted by Gasteiger charge is -2.28. The molecule has 162 valence electrons. The zero-order valence-corrected chi connectivity index (χ0v) is 19.1. The van der Waals surface area contributed by atoms with Crippen LogP contribution in [0, 0.1) is 6.92 Å². The Balaban J connectivity index is 1.43. The number of anilines is 1. The monoisotopic (exact) mass is 471 g/mol. The number of nitrogens with zero attached hydrogens (tertiary/aromatic N) is 2. The lowest BCUT2D eigenvalue weighted by Crippen LogP contribution is -2.54. The highest BCUT2D eigenvalue weighted by Gasteiger charge is 2.34. The number of para-hydroxylation sites is 1. The molecule has 0 atom stereocenters. The third-order valence-corrected chi connectivity index (χ3v) is 6.31. The van der Waals surface area contributed by atoms with Crippen LogP contribution < -0.4 is 10.2 Å². The van der Waals surface area contributed by atoms with Crippen molar-refractivity contribution in [2.45, 2.75) is 16.9 Å². The number of carbonyl (C=O) groups is 2. The molecule has 3 heterocycles. The minimum absolute atomic E-state index is 0.0481. The summed E-state index contributed by atoms with van der Waals surface area (Å²) >= 11 is 6.68. The van der Waals surface area contributed by atoms with E-state index in [4.69, 9.17) is 16.6 Å². The van der Waals surface area contributed by atoms with E-state index in [1.54, 1.807) is 24.4 Å². The van der Waals surface area contributed by atoms with Crippen LogP contribution in [0.1, 0.15) is 11.3 Å². The first-order valence-corrected chi connectivity index (χ1v) is 11.3. The van der Waals surface area contributed by atoms with Crippen LogP contribution in [0.3, 0.4) is 0 Å². The van der Waals surface area contributed by atoms with E-state index in [9.17, 15) is 9.59 Å². The topological polar surface area (TPSA) is 75.4 Å². The standard InChI is InChI=1S/C25H17N3O3S2/c1-15-5-2-8-17(13-15)28-24(30)19(23(29)27-25(28)32)14-18-10-11-21(31-18)33-20-9-3-6-16-7-4-12-26-22(16)20/h2-14H,1H3,(H,27,29,32)/b19-14+. The number of hydrogen-bond donors (Lipinski definition) is 1. The van der Waals surface area contributed by atoms with Crippen molar-refractivity contribution in [2.75, 3.05) is 4.90 Å². The number of pyridine rings is 1. The van der Waals surface area contributed by atoms with Crippen molar-refractivity contribution in [1.82, 2.24) is 10.3 Å². The molecule has 1 aliphatic rings. The van der Waals surface area contributed by atoms with Crippen molar-refractivity contribution in [3.8, 4) is 0 Å². The lowest BCUT2D eigenvalue weighted by atomic mass is 10.1. The molecular formula is C25H17N3O3S2. The summed E-state index contributed by atoms with van der Waals surface area (Å²) in [4.78, 5) is 32.4. The minimum atomic E-state index is -0.558. The Hall–Kier alpha value is -3.75. The second-order valence-electron chi connectivity index (χ2n) is 7.39. The summed E-state index contributed by atoms with van der Waals surface area (Å²) in [5, 5.41) is 4.29. The molecule has 8 heteroatoms. The van der Waals surface area contributed by atoms with Crippen LogP contribution in [0.2, 0.25) is 0 Å². The Labute approximate surface area is 199 Å². The van der Waals surface area contributed by atoms with Gasteiger partial charge >= 0.3 is 0 Å². The third-order valence-electron chi connectivity index (χ3n) is 5.06. The van der Waals surface area contributed by atoms with Crippen molar-refractivity contribution in [3.05, 3.63) is 89.8 Å². The molecule has 2 aromatic heterocycles. The minimum Gasteiger partial charge on any atom is -0.450 e. The number of nitrogens with one attached hydrogen (secondary N) is 1. The number of fused-ring (bicyclic) bond motifs is 1. The van der Waals surface area contributed by atoms with Crippen LogP contribution in [0.4, 0.5) is 5.69 Å². The van der Waals surface area contributed by atoms with Gasteiger partial charge in [-0.05, 0) is 78.9 Å². The van der Waals surface area contributed by atoms with Gasteiger partial charge in [0.2, 0.25) is 0 Å². The molecule has 0 unspecified atom stereocenters. The van der Waals surface area contributed by atoms with Gasteiger partial charge in [0.25, 0.3) is 11.8 Å². The van der Waals surface area contributed by atoms with Gasteiger partial charge in [0.05, 0.1) is 11.2 Å². The maximum Gasteiger partial charge on any atom is 0.270 e. The van der Waals surface area contributed by atoms with E-state index in [1.807, 2.05) is 55.5 Å². The van der Waals surface area contributed by atoms with Crippen LogP contribution >= 0.6 is 24.0 Å². The predicted molar refractivity (Wildman–Crippen MR) is 132 cm³/mol. The molecule has 5 rings (SSSR count). The van der Waals surface area contributed by atoms with Gasteiger partial charge in [-0.1, -0.05) is 30.3 Å². The Bertz CT molecular complexity index is 1450. The van der Waals surface area contributed by atoms with E-state index in [0.29, 0.717) is 16.5 Å². The van der Waals surface area contributed by atoms with Crippen molar-refractivity contribution in [2.24, 2.45) is 0 Å². The first-order chi connectivity index (χ1) is 16.0. The zero-order chi connectivity index (χ0) is 22.9. The van der Waals surface area contributed by atoms with E-state index in [2.05, 4.69) is 10.3 Å². The summed E-state index contributed by atoms with van der Waals surface area (Å²) in [7, 11) is 0. The Morgan fingerprint density at radius 1 is 1.06 bits per heavy atom. The normalized spacial score (nSPS) is 15.4. The first kappa shape index (κ1) is 21.1. The second kappa shape index (κ2) is 8.65. The molecule has 6 nitrogen and oxygen atoms in total. The number of thiocarbonyl (C=S) groups is 1. The Kier molecular flexibility index (Phi) is 5.53. The fraction of sp³-hybridized carbons (Fsp3) is 0.0400. The maximum atomic E-state index is 13.2. The molecule has 0 radical (unpaired) electrons. The Morgan fingerprint density at radius 3 is 2.73 bits per heavy atom. The number of hydrogen-bond acceptors (Lipinski definition) is 6. The molecule has 0 aliphatic carbocycles. The van der Waals surface area contributed by atoms with Crippen molar-refractivity contribution in [1.29, 1.82) is 0 Å². The molecule has 0 saturated carbocycles. The number of rotatable bonds is 4. The van der Waals surface area contributed by atoms with Crippen LogP contribution in [-0.4, -0.2) is 21.9 Å². The van der Waals surface area contributed by atoms with E-state index in [1.165, 1.54) is 22.7 Å². The van der Waals surface area contributed by atoms with Gasteiger partial charge in [-0.2, -0.15) is 0 Å². The summed E-state index contributed by atoms with van der Waals surface area (Å²) in [6.07, 6.45) is 3.19. The van der Waals surface area contributed by atoms with Crippen molar-refractivity contribution < 1.29 is 14.0 Å². The van der Waals surface area contributed by atoms with Gasteiger partial charge in [0.1, 0.15) is 11.3 Å². The molecular weight excluding hydrogens is 454 g/mol. The van der Waals surface area contributed by atoms with Gasteiger partial charge < -0.3 is 4.42 Å². The van der Waals surface area contributed by atoms with E-state index >= 15 is 0 Å². The number of carbonyl (C=O) groups excluding carboxylic acids is 2. The van der Waals surface area contributed by atoms with Gasteiger partial charge in [-0.25, -0.2) is 0 Å². The third kappa shape index (κ3) is 4.18. The van der Waals surface area contributed by atoms with Crippen LogP contribution in [0.5, 0.6) is 0 Å². The average molecular weight is 472 g/mol. The fourth-order valence-electron chi connectivity index (χ4n) is 3.54. The van der Waals surface area contributed by atoms with Gasteiger partial charge in [0.15, 0.2) is 10.2 Å². The van der Waals surface area contributed by atoms with Crippen LogP contribution in [0.15, 0.2) is 92.9 Å². The Morgan fingerprint density at radius 2 is 1.88 bits per heavy atom. The summed E-state index contributed by atoms with van der Waals surface area (Å²) in [6, 6.07) is 20.7. The van der Waals surface area contributed by atoms with E-state index < -0.39 is 11.8 Å². The average Bonchev–Trinajstić information content (AvgIpc) is 3.24. The molecule has 1 fully saturated rings. The summed E-state index contributed by atoms with van der Waals surface area (Å²) in [5.41, 5.74) is 2.39. The SMILES string of the molecule is Cc1cccc(N2C(=O)/C(=C/c3ccc(Sc4cccc5cccnc45)o3)C(=O)NC2=S)c1. The molecule has 0 spiro atoms. The summed E-state index contributed by atoms with van der Waals surface area (Å²) < 4.78 is 5.90. The number of aryl methyl sites for hydroxylation is 1. The summed E-state index contributed by atoms with van der Waals surface area (Å²) in [5.74, 6) is -0.669. The van der Waals surface area contributed by atoms with E-state index in [-0.39, 0.29) is 10.7 Å². The van der Waals surface area contributed by atoms with E-state index in [0.717, 1.165) is 21.4 Å². The second-order valence-corrected chi connectivity index (χ2v) is 8.82. The van der Waals surface area contributed by atoms with Crippen molar-refractivity contribution >= 4 is 63.6 Å². The van der Waals surface area contributed by atoms with Crippen molar-refractivity contribution in [3.63, 3.8) is 0 Å². The first-order valence-electron chi connectivity index (χ1n) is 10.1. The molecule has 1 aliphatic heterocycles. The lowest BCUT2D eigenvalue weighted by molar-refractivity contribution is -0.122. The largest absolute Gasteiger partial charge is 0.450 e. The molecule has 2 amide bonds. The number of aromatic nitrogens is 1. The molecule has 0 bridgehead atoms.